The number of aromatic nitrogens is 2. The summed E-state index contributed by atoms with van der Waals surface area (Å²) in [6, 6.07) is 11.1. The van der Waals surface area contributed by atoms with E-state index in [0.29, 0.717) is 38.8 Å². The average molecular weight is 501 g/mol. The summed E-state index contributed by atoms with van der Waals surface area (Å²) >= 11 is 2.51. The van der Waals surface area contributed by atoms with E-state index in [1.807, 2.05) is 23.1 Å². The topological polar surface area (TPSA) is 103 Å². The first kappa shape index (κ1) is 23.8. The highest BCUT2D eigenvalue weighted by Crippen LogP contribution is 2.38. The van der Waals surface area contributed by atoms with Gasteiger partial charge in [-0.1, -0.05) is 41.3 Å². The van der Waals surface area contributed by atoms with Crippen LogP contribution in [0.2, 0.25) is 0 Å². The molecule has 0 saturated carbocycles. The molecular formula is C23H24N4O5S2. The molecule has 0 aliphatic carbocycles. The van der Waals surface area contributed by atoms with Gasteiger partial charge >= 0.3 is 0 Å². The van der Waals surface area contributed by atoms with Gasteiger partial charge in [-0.05, 0) is 36.6 Å². The number of hydrogen-bond donors (Lipinski definition) is 1. The van der Waals surface area contributed by atoms with Crippen molar-refractivity contribution in [3.05, 3.63) is 47.5 Å². The number of hydrogen-bond acceptors (Lipinski definition) is 9. The molecule has 0 saturated heterocycles. The summed E-state index contributed by atoms with van der Waals surface area (Å²) in [6.07, 6.45) is 1.93. The van der Waals surface area contributed by atoms with Gasteiger partial charge in [0.2, 0.25) is 16.8 Å². The molecule has 1 aliphatic rings. The zero-order valence-corrected chi connectivity index (χ0v) is 20.6. The van der Waals surface area contributed by atoms with Crippen molar-refractivity contribution >= 4 is 45.7 Å². The Balaban J connectivity index is 1.39. The molecule has 0 spiro atoms. The smallest absolute Gasteiger partial charge is 0.257 e. The Hall–Kier alpha value is -3.31. The first-order valence-electron chi connectivity index (χ1n) is 10.5. The van der Waals surface area contributed by atoms with E-state index in [-0.39, 0.29) is 11.7 Å². The molecule has 3 aromatic rings. The predicted molar refractivity (Wildman–Crippen MR) is 132 cm³/mol. The van der Waals surface area contributed by atoms with Gasteiger partial charge in [0.05, 0.1) is 27.1 Å². The van der Waals surface area contributed by atoms with Gasteiger partial charge in [-0.2, -0.15) is 0 Å². The lowest BCUT2D eigenvalue weighted by atomic mass is 10.0. The van der Waals surface area contributed by atoms with Gasteiger partial charge in [0.1, 0.15) is 0 Å². The van der Waals surface area contributed by atoms with Crippen LogP contribution in [0.1, 0.15) is 22.3 Å². The molecule has 2 amide bonds. The van der Waals surface area contributed by atoms with Crippen molar-refractivity contribution in [1.82, 2.24) is 10.2 Å². The molecule has 0 radical (unpaired) electrons. The number of carbonyl (C=O) groups excluding carboxylic acids is 2. The Bertz CT molecular complexity index is 1170. The van der Waals surface area contributed by atoms with Gasteiger partial charge in [0.25, 0.3) is 5.91 Å². The highest BCUT2D eigenvalue weighted by Gasteiger charge is 2.23. The number of nitrogens with one attached hydrogen (secondary N) is 1. The minimum atomic E-state index is -0.395. The van der Waals surface area contributed by atoms with Crippen LogP contribution in [0.3, 0.4) is 0 Å². The van der Waals surface area contributed by atoms with Gasteiger partial charge < -0.3 is 19.1 Å². The molecule has 9 nitrogen and oxygen atoms in total. The first-order chi connectivity index (χ1) is 16.5. The number of nitrogens with zero attached hydrogens (tertiary/aromatic N) is 3. The number of fused-ring (bicyclic) bond motifs is 1. The van der Waals surface area contributed by atoms with E-state index in [4.69, 9.17) is 14.2 Å². The second-order valence-corrected chi connectivity index (χ2v) is 9.51. The van der Waals surface area contributed by atoms with Gasteiger partial charge in [-0.25, -0.2) is 0 Å². The molecule has 1 aromatic heterocycles. The van der Waals surface area contributed by atoms with E-state index < -0.39 is 5.91 Å². The number of aryl methyl sites for hydroxylation is 1. The van der Waals surface area contributed by atoms with Crippen LogP contribution in [-0.4, -0.2) is 55.6 Å². The van der Waals surface area contributed by atoms with Crippen LogP contribution in [0, 0.1) is 0 Å². The number of anilines is 2. The van der Waals surface area contributed by atoms with Crippen LogP contribution in [0.5, 0.6) is 17.2 Å². The SMILES string of the molecule is COc1cc(C(=O)Nc2nnc(SCC(=O)N3CCCc4ccccc43)s2)cc(OC)c1OC. The average Bonchev–Trinajstić information content (AvgIpc) is 3.32. The van der Waals surface area contributed by atoms with Crippen LogP contribution in [0.25, 0.3) is 0 Å². The van der Waals surface area contributed by atoms with Crippen LogP contribution in [0.15, 0.2) is 40.7 Å². The quantitative estimate of drug-likeness (QED) is 0.367. The molecule has 4 rings (SSSR count). The summed E-state index contributed by atoms with van der Waals surface area (Å²) in [5.41, 5.74) is 2.49. The molecule has 2 aromatic carbocycles. The maximum absolute atomic E-state index is 12.8. The molecular weight excluding hydrogens is 476 g/mol. The highest BCUT2D eigenvalue weighted by molar-refractivity contribution is 8.01. The molecule has 0 atom stereocenters. The summed E-state index contributed by atoms with van der Waals surface area (Å²) in [5.74, 6) is 1.01. The predicted octanol–water partition coefficient (Wildman–Crippen LogP) is 3.89. The fourth-order valence-electron chi connectivity index (χ4n) is 3.69. The summed E-state index contributed by atoms with van der Waals surface area (Å²) in [7, 11) is 4.46. The fraction of sp³-hybridized carbons (Fsp3) is 0.304. The van der Waals surface area contributed by atoms with Crippen molar-refractivity contribution < 1.29 is 23.8 Å². The Morgan fingerprint density at radius 1 is 1.09 bits per heavy atom. The van der Waals surface area contributed by atoms with Crippen molar-refractivity contribution in [2.75, 3.05) is 43.8 Å². The van der Waals surface area contributed by atoms with Crippen molar-refractivity contribution in [2.24, 2.45) is 0 Å². The molecule has 0 unspecified atom stereocenters. The fourth-order valence-corrected chi connectivity index (χ4v) is 5.32. The van der Waals surface area contributed by atoms with Gasteiger partial charge in [-0.15, -0.1) is 10.2 Å². The number of rotatable bonds is 8. The zero-order valence-electron chi connectivity index (χ0n) is 19.0. The highest BCUT2D eigenvalue weighted by atomic mass is 32.2. The zero-order chi connectivity index (χ0) is 24.1. The first-order valence-corrected chi connectivity index (χ1v) is 12.3. The molecule has 34 heavy (non-hydrogen) atoms. The van der Waals surface area contributed by atoms with Crippen molar-refractivity contribution in [3.8, 4) is 17.2 Å². The van der Waals surface area contributed by atoms with E-state index in [9.17, 15) is 9.59 Å². The number of methoxy groups -OCH3 is 3. The summed E-state index contributed by atoms with van der Waals surface area (Å²) in [5, 5.41) is 11.2. The number of ether oxygens (including phenoxy) is 3. The number of amides is 2. The van der Waals surface area contributed by atoms with Gasteiger partial charge in [-0.3, -0.25) is 14.9 Å². The van der Waals surface area contributed by atoms with E-state index in [0.717, 1.165) is 18.5 Å². The largest absolute Gasteiger partial charge is 0.493 e. The third-order valence-corrected chi connectivity index (χ3v) is 7.24. The third-order valence-electron chi connectivity index (χ3n) is 5.28. The van der Waals surface area contributed by atoms with Crippen LogP contribution >= 0.6 is 23.1 Å². The van der Waals surface area contributed by atoms with Crippen molar-refractivity contribution in [2.45, 2.75) is 17.2 Å². The minimum Gasteiger partial charge on any atom is -0.493 e. The standard InChI is InChI=1S/C23H24N4O5S2/c1-30-17-11-15(12-18(31-2)20(17)32-3)21(29)24-22-25-26-23(34-22)33-13-19(28)27-10-6-8-14-7-4-5-9-16(14)27/h4-5,7,9,11-12H,6,8,10,13H2,1-3H3,(H,24,25,29). The Morgan fingerprint density at radius 2 is 1.82 bits per heavy atom. The lowest BCUT2D eigenvalue weighted by molar-refractivity contribution is -0.116. The van der Waals surface area contributed by atoms with E-state index in [2.05, 4.69) is 21.6 Å². The monoisotopic (exact) mass is 500 g/mol. The molecule has 0 fully saturated rings. The molecule has 1 aliphatic heterocycles. The Kier molecular flexibility index (Phi) is 7.53. The van der Waals surface area contributed by atoms with E-state index in [1.54, 1.807) is 12.1 Å². The van der Waals surface area contributed by atoms with E-state index >= 15 is 0 Å². The second kappa shape index (κ2) is 10.7. The number of para-hydroxylation sites is 1. The number of benzene rings is 2. The van der Waals surface area contributed by atoms with Crippen LogP contribution < -0.4 is 24.4 Å². The number of thioether (sulfide) groups is 1. The van der Waals surface area contributed by atoms with Crippen molar-refractivity contribution in [3.63, 3.8) is 0 Å². The maximum atomic E-state index is 12.8. The minimum absolute atomic E-state index is 0.0235. The van der Waals surface area contributed by atoms with Crippen LogP contribution in [0.4, 0.5) is 10.8 Å². The Labute approximate surface area is 205 Å². The summed E-state index contributed by atoms with van der Waals surface area (Å²) in [4.78, 5) is 27.4. The Morgan fingerprint density at radius 3 is 2.53 bits per heavy atom. The van der Waals surface area contributed by atoms with Crippen LogP contribution in [-0.2, 0) is 11.2 Å². The third kappa shape index (κ3) is 5.10. The summed E-state index contributed by atoms with van der Waals surface area (Å²) < 4.78 is 16.5. The molecule has 1 N–H and O–H groups in total. The lowest BCUT2D eigenvalue weighted by Crippen LogP contribution is -2.36. The summed E-state index contributed by atoms with van der Waals surface area (Å²) in [6.45, 7) is 0.711. The molecule has 0 bridgehead atoms. The molecule has 11 heteroatoms. The van der Waals surface area contributed by atoms with Gasteiger partial charge in [0, 0.05) is 17.8 Å². The van der Waals surface area contributed by atoms with E-state index in [1.165, 1.54) is 50.0 Å². The maximum Gasteiger partial charge on any atom is 0.257 e. The lowest BCUT2D eigenvalue weighted by Gasteiger charge is -2.29. The molecule has 178 valence electrons. The number of carbonyl (C=O) groups is 2. The van der Waals surface area contributed by atoms with Gasteiger partial charge in [0.15, 0.2) is 15.8 Å². The second-order valence-electron chi connectivity index (χ2n) is 7.31. The molecule has 2 heterocycles. The van der Waals surface area contributed by atoms with Crippen molar-refractivity contribution in [1.29, 1.82) is 0 Å². The normalized spacial score (nSPS) is 12.6.